The Morgan fingerprint density at radius 2 is 1.96 bits per heavy atom. The maximum atomic E-state index is 11.3. The molecule has 1 aromatic heterocycles. The molecule has 3 rings (SSSR count). The van der Waals surface area contributed by atoms with E-state index in [9.17, 15) is 4.79 Å². The van der Waals surface area contributed by atoms with Crippen LogP contribution >= 0.6 is 0 Å². The molecule has 0 aliphatic carbocycles. The van der Waals surface area contributed by atoms with E-state index in [1.807, 2.05) is 49.2 Å². The standard InChI is InChI=1S/C19H20N4O4/c1-12-20-15-7-5-4-6-14(15)19(21-12)23(2)13-8-9-16(26-3)17(10-13)27-11-18(24)22-25/h4-10,25H,11H2,1-3H3,(H,22,24). The summed E-state index contributed by atoms with van der Waals surface area (Å²) < 4.78 is 10.7. The van der Waals surface area contributed by atoms with E-state index < -0.39 is 5.91 Å². The van der Waals surface area contributed by atoms with Gasteiger partial charge < -0.3 is 14.4 Å². The zero-order valence-corrected chi connectivity index (χ0v) is 15.3. The fourth-order valence-electron chi connectivity index (χ4n) is 2.71. The first-order valence-electron chi connectivity index (χ1n) is 8.24. The quantitative estimate of drug-likeness (QED) is 0.510. The smallest absolute Gasteiger partial charge is 0.281 e. The van der Waals surface area contributed by atoms with Crippen molar-refractivity contribution in [3.63, 3.8) is 0 Å². The molecule has 0 unspecified atom stereocenters. The molecular formula is C19H20N4O4. The van der Waals surface area contributed by atoms with E-state index in [0.717, 1.165) is 22.4 Å². The van der Waals surface area contributed by atoms with Crippen LogP contribution in [0, 0.1) is 6.92 Å². The largest absolute Gasteiger partial charge is 0.493 e. The molecule has 2 N–H and O–H groups in total. The summed E-state index contributed by atoms with van der Waals surface area (Å²) in [6, 6.07) is 13.1. The monoisotopic (exact) mass is 368 g/mol. The molecule has 3 aromatic rings. The predicted octanol–water partition coefficient (Wildman–Crippen LogP) is 2.60. The number of benzene rings is 2. The number of aryl methyl sites for hydroxylation is 1. The number of ether oxygens (including phenoxy) is 2. The Kier molecular flexibility index (Phi) is 5.37. The molecule has 27 heavy (non-hydrogen) atoms. The van der Waals surface area contributed by atoms with Gasteiger partial charge in [-0.25, -0.2) is 15.4 Å². The molecule has 0 fully saturated rings. The Hall–Kier alpha value is -3.39. The molecule has 140 valence electrons. The first kappa shape index (κ1) is 18.4. The molecular weight excluding hydrogens is 348 g/mol. The average Bonchev–Trinajstić information content (AvgIpc) is 2.70. The molecule has 8 nitrogen and oxygen atoms in total. The van der Waals surface area contributed by atoms with Crippen molar-refractivity contribution in [3.8, 4) is 11.5 Å². The number of anilines is 2. The topological polar surface area (TPSA) is 96.8 Å². The van der Waals surface area contributed by atoms with Crippen LogP contribution < -0.4 is 19.9 Å². The van der Waals surface area contributed by atoms with Crippen molar-refractivity contribution in [2.75, 3.05) is 25.7 Å². The normalized spacial score (nSPS) is 10.5. The van der Waals surface area contributed by atoms with Gasteiger partial charge >= 0.3 is 0 Å². The van der Waals surface area contributed by atoms with Gasteiger partial charge in [0.15, 0.2) is 18.1 Å². The molecule has 8 heteroatoms. The molecule has 2 aromatic carbocycles. The van der Waals surface area contributed by atoms with E-state index in [1.165, 1.54) is 12.6 Å². The maximum Gasteiger partial charge on any atom is 0.281 e. The van der Waals surface area contributed by atoms with Crippen LogP contribution in [0.5, 0.6) is 11.5 Å². The molecule has 1 heterocycles. The summed E-state index contributed by atoms with van der Waals surface area (Å²) in [5.41, 5.74) is 3.18. The van der Waals surface area contributed by atoms with Crippen LogP contribution in [0.1, 0.15) is 5.82 Å². The summed E-state index contributed by atoms with van der Waals surface area (Å²) in [7, 11) is 3.40. The van der Waals surface area contributed by atoms with Crippen LogP contribution in [0.25, 0.3) is 10.9 Å². The molecule has 0 radical (unpaired) electrons. The Morgan fingerprint density at radius 3 is 2.70 bits per heavy atom. The summed E-state index contributed by atoms with van der Waals surface area (Å²) in [5.74, 6) is 1.61. The zero-order chi connectivity index (χ0) is 19.4. The number of para-hydroxylation sites is 1. The van der Waals surface area contributed by atoms with Crippen molar-refractivity contribution in [1.82, 2.24) is 15.4 Å². The number of nitrogens with zero attached hydrogens (tertiary/aromatic N) is 3. The molecule has 0 spiro atoms. The predicted molar refractivity (Wildman–Crippen MR) is 101 cm³/mol. The first-order valence-corrected chi connectivity index (χ1v) is 8.24. The number of hydroxylamine groups is 1. The van der Waals surface area contributed by atoms with Crippen LogP contribution in [0.15, 0.2) is 42.5 Å². The number of carbonyl (C=O) groups excluding carboxylic acids is 1. The average molecular weight is 368 g/mol. The third-order valence-corrected chi connectivity index (χ3v) is 4.03. The highest BCUT2D eigenvalue weighted by Gasteiger charge is 2.15. The van der Waals surface area contributed by atoms with Gasteiger partial charge in [-0.1, -0.05) is 12.1 Å². The highest BCUT2D eigenvalue weighted by Crippen LogP contribution is 2.35. The fraction of sp³-hybridized carbons (Fsp3) is 0.211. The first-order chi connectivity index (χ1) is 13.0. The van der Waals surface area contributed by atoms with Crippen molar-refractivity contribution in [2.24, 2.45) is 0 Å². The van der Waals surface area contributed by atoms with Gasteiger partial charge in [0.25, 0.3) is 5.91 Å². The van der Waals surface area contributed by atoms with Gasteiger partial charge in [-0.15, -0.1) is 0 Å². The van der Waals surface area contributed by atoms with E-state index in [-0.39, 0.29) is 6.61 Å². The number of hydrogen-bond donors (Lipinski definition) is 2. The molecule has 0 saturated carbocycles. The summed E-state index contributed by atoms with van der Waals surface area (Å²) in [6.45, 7) is 1.51. The van der Waals surface area contributed by atoms with Crippen molar-refractivity contribution in [3.05, 3.63) is 48.3 Å². The van der Waals surface area contributed by atoms with Crippen LogP contribution in [0.4, 0.5) is 11.5 Å². The van der Waals surface area contributed by atoms with Gasteiger partial charge in [-0.3, -0.25) is 10.0 Å². The summed E-state index contributed by atoms with van der Waals surface area (Å²) >= 11 is 0. The highest BCUT2D eigenvalue weighted by atomic mass is 16.5. The van der Waals surface area contributed by atoms with Crippen LogP contribution in [-0.2, 0) is 4.79 Å². The van der Waals surface area contributed by atoms with Crippen molar-refractivity contribution in [2.45, 2.75) is 6.92 Å². The molecule has 0 aliphatic heterocycles. The second-order valence-corrected chi connectivity index (χ2v) is 5.83. The van der Waals surface area contributed by atoms with Crippen molar-refractivity contribution < 1.29 is 19.5 Å². The van der Waals surface area contributed by atoms with Gasteiger partial charge in [0, 0.05) is 24.2 Å². The Morgan fingerprint density at radius 1 is 1.19 bits per heavy atom. The number of carbonyl (C=O) groups is 1. The fourth-order valence-corrected chi connectivity index (χ4v) is 2.71. The van der Waals surface area contributed by atoms with Gasteiger partial charge in [0.05, 0.1) is 12.6 Å². The van der Waals surface area contributed by atoms with Crippen LogP contribution in [0.3, 0.4) is 0 Å². The third kappa shape index (κ3) is 3.90. The lowest BCUT2D eigenvalue weighted by molar-refractivity contribution is -0.131. The minimum absolute atomic E-state index is 0.338. The van der Waals surface area contributed by atoms with E-state index in [1.54, 1.807) is 12.1 Å². The van der Waals surface area contributed by atoms with Gasteiger partial charge in [0.1, 0.15) is 11.6 Å². The number of rotatable bonds is 6. The lowest BCUT2D eigenvalue weighted by Crippen LogP contribution is -2.25. The second-order valence-electron chi connectivity index (χ2n) is 5.83. The number of fused-ring (bicyclic) bond motifs is 1. The number of amides is 1. The minimum Gasteiger partial charge on any atom is -0.493 e. The molecule has 0 aliphatic rings. The lowest BCUT2D eigenvalue weighted by atomic mass is 10.2. The minimum atomic E-state index is -0.659. The summed E-state index contributed by atoms with van der Waals surface area (Å²) in [5, 5.41) is 9.54. The number of methoxy groups -OCH3 is 1. The van der Waals surface area contributed by atoms with Crippen LogP contribution in [0.2, 0.25) is 0 Å². The van der Waals surface area contributed by atoms with Crippen molar-refractivity contribution >= 4 is 28.3 Å². The second kappa shape index (κ2) is 7.88. The Balaban J connectivity index is 2.00. The lowest BCUT2D eigenvalue weighted by Gasteiger charge is -2.22. The highest BCUT2D eigenvalue weighted by molar-refractivity contribution is 5.91. The van der Waals surface area contributed by atoms with E-state index >= 15 is 0 Å². The Labute approximate surface area is 156 Å². The zero-order valence-electron chi connectivity index (χ0n) is 15.3. The SMILES string of the molecule is COc1ccc(N(C)c2nc(C)nc3ccccc23)cc1OCC(=O)NO. The van der Waals surface area contributed by atoms with Gasteiger partial charge in [0.2, 0.25) is 0 Å². The molecule has 0 bridgehead atoms. The van der Waals surface area contributed by atoms with E-state index in [4.69, 9.17) is 14.7 Å². The number of aromatic nitrogens is 2. The molecule has 1 amide bonds. The van der Waals surface area contributed by atoms with E-state index in [0.29, 0.717) is 17.3 Å². The third-order valence-electron chi connectivity index (χ3n) is 4.03. The number of nitrogens with one attached hydrogen (secondary N) is 1. The van der Waals surface area contributed by atoms with Crippen molar-refractivity contribution in [1.29, 1.82) is 0 Å². The molecule has 0 saturated heterocycles. The molecule has 0 atom stereocenters. The number of hydrogen-bond acceptors (Lipinski definition) is 7. The maximum absolute atomic E-state index is 11.3. The summed E-state index contributed by atoms with van der Waals surface area (Å²) in [6.07, 6.45) is 0. The van der Waals surface area contributed by atoms with Gasteiger partial charge in [-0.2, -0.15) is 0 Å². The van der Waals surface area contributed by atoms with Gasteiger partial charge in [-0.05, 0) is 31.2 Å². The Bertz CT molecular complexity index is 977. The van der Waals surface area contributed by atoms with E-state index in [2.05, 4.69) is 9.97 Å². The van der Waals surface area contributed by atoms with Crippen LogP contribution in [-0.4, -0.2) is 41.8 Å². The summed E-state index contributed by atoms with van der Waals surface area (Å²) in [4.78, 5) is 22.2.